The van der Waals surface area contributed by atoms with Gasteiger partial charge in [0, 0.05) is 47.1 Å². The summed E-state index contributed by atoms with van der Waals surface area (Å²) in [6, 6.07) is 13.9. The van der Waals surface area contributed by atoms with Crippen LogP contribution < -0.4 is 10.9 Å². The molecule has 0 fully saturated rings. The summed E-state index contributed by atoms with van der Waals surface area (Å²) in [5.74, 6) is 0.838. The molecule has 0 aliphatic heterocycles. The molecule has 0 atom stereocenters. The van der Waals surface area contributed by atoms with Crippen LogP contribution in [0.3, 0.4) is 0 Å². The minimum absolute atomic E-state index is 0.000637. The van der Waals surface area contributed by atoms with Crippen LogP contribution in [0.5, 0.6) is 0 Å². The number of unbranched alkanes of at least 4 members (excludes halogenated alkanes) is 1. The topological polar surface area (TPSA) is 64.0 Å². The average Bonchev–Trinajstić information content (AvgIpc) is 2.78. The molecule has 1 N–H and O–H groups in total. The predicted molar refractivity (Wildman–Crippen MR) is 140 cm³/mol. The first-order valence-electron chi connectivity index (χ1n) is 11.1. The Morgan fingerprint density at radius 2 is 1.79 bits per heavy atom. The van der Waals surface area contributed by atoms with Crippen LogP contribution in [-0.2, 0) is 18.3 Å². The summed E-state index contributed by atoms with van der Waals surface area (Å²) in [6.07, 6.45) is 2.71. The Bertz CT molecular complexity index is 1190. The van der Waals surface area contributed by atoms with E-state index in [1.807, 2.05) is 56.3 Å². The number of carbonyl (C=O) groups excluding carboxylic acids is 1. The Morgan fingerprint density at radius 3 is 2.48 bits per heavy atom. The van der Waals surface area contributed by atoms with Crippen LogP contribution >= 0.6 is 27.7 Å². The van der Waals surface area contributed by atoms with Gasteiger partial charge in [-0.15, -0.1) is 0 Å². The quantitative estimate of drug-likeness (QED) is 0.212. The zero-order valence-corrected chi connectivity index (χ0v) is 22.0. The molecule has 0 unspecified atom stereocenters. The van der Waals surface area contributed by atoms with Gasteiger partial charge in [0.15, 0.2) is 5.16 Å². The van der Waals surface area contributed by atoms with E-state index in [2.05, 4.69) is 33.2 Å². The van der Waals surface area contributed by atoms with Crippen molar-refractivity contribution in [2.45, 2.75) is 51.6 Å². The zero-order valence-electron chi connectivity index (χ0n) is 19.6. The van der Waals surface area contributed by atoms with Crippen molar-refractivity contribution >= 4 is 39.3 Å². The standard InChI is InChI=1S/C26H30BrN3O2S/c1-17-8-13-22(15-18(17)2)29-24(31)7-5-6-14-33-26-28-19(3)23(25(32)30(26)4)16-20-9-11-21(27)12-10-20/h8-13,15H,5-7,14,16H2,1-4H3,(H,29,31). The second-order valence-corrected chi connectivity index (χ2v) is 10.3. The lowest BCUT2D eigenvalue weighted by molar-refractivity contribution is -0.116. The van der Waals surface area contributed by atoms with E-state index in [1.165, 1.54) is 11.1 Å². The van der Waals surface area contributed by atoms with Gasteiger partial charge in [0.25, 0.3) is 5.56 Å². The number of carbonyl (C=O) groups is 1. The maximum absolute atomic E-state index is 12.9. The van der Waals surface area contributed by atoms with Crippen molar-refractivity contribution in [2.75, 3.05) is 11.1 Å². The van der Waals surface area contributed by atoms with Crippen LogP contribution in [0.15, 0.2) is 56.9 Å². The predicted octanol–water partition coefficient (Wildman–Crippen LogP) is 5.96. The number of amides is 1. The number of anilines is 1. The first-order valence-corrected chi connectivity index (χ1v) is 12.8. The second kappa shape index (κ2) is 11.7. The highest BCUT2D eigenvalue weighted by atomic mass is 79.9. The highest BCUT2D eigenvalue weighted by molar-refractivity contribution is 9.10. The van der Waals surface area contributed by atoms with Gasteiger partial charge in [0.1, 0.15) is 0 Å². The lowest BCUT2D eigenvalue weighted by atomic mass is 10.1. The highest BCUT2D eigenvalue weighted by Crippen LogP contribution is 2.20. The van der Waals surface area contributed by atoms with Gasteiger partial charge in [-0.25, -0.2) is 4.98 Å². The SMILES string of the molecule is Cc1ccc(NC(=O)CCCCSc2nc(C)c(Cc3ccc(Br)cc3)c(=O)n2C)cc1C. The molecule has 5 nitrogen and oxygen atoms in total. The Balaban J connectivity index is 1.50. The van der Waals surface area contributed by atoms with Gasteiger partial charge in [0.2, 0.25) is 5.91 Å². The minimum Gasteiger partial charge on any atom is -0.326 e. The smallest absolute Gasteiger partial charge is 0.257 e. The molecule has 1 amide bonds. The normalized spacial score (nSPS) is 10.9. The zero-order chi connectivity index (χ0) is 24.0. The third kappa shape index (κ3) is 7.05. The second-order valence-electron chi connectivity index (χ2n) is 8.28. The van der Waals surface area contributed by atoms with Gasteiger partial charge in [-0.1, -0.05) is 45.9 Å². The van der Waals surface area contributed by atoms with Gasteiger partial charge in [-0.3, -0.25) is 14.2 Å². The lowest BCUT2D eigenvalue weighted by Crippen LogP contribution is -2.25. The van der Waals surface area contributed by atoms with E-state index in [0.717, 1.165) is 50.7 Å². The Kier molecular flexibility index (Phi) is 8.92. The van der Waals surface area contributed by atoms with Gasteiger partial charge in [-0.2, -0.15) is 0 Å². The Morgan fingerprint density at radius 1 is 1.06 bits per heavy atom. The molecule has 3 rings (SSSR count). The van der Waals surface area contributed by atoms with Crippen molar-refractivity contribution in [1.29, 1.82) is 0 Å². The molecule has 1 aromatic heterocycles. The maximum atomic E-state index is 12.9. The number of nitrogens with one attached hydrogen (secondary N) is 1. The van der Waals surface area contributed by atoms with Crippen LogP contribution in [-0.4, -0.2) is 21.2 Å². The number of rotatable bonds is 9. The van der Waals surface area contributed by atoms with E-state index in [1.54, 1.807) is 23.4 Å². The summed E-state index contributed by atoms with van der Waals surface area (Å²) < 4.78 is 2.65. The van der Waals surface area contributed by atoms with Crippen LogP contribution in [0.4, 0.5) is 5.69 Å². The van der Waals surface area contributed by atoms with Gasteiger partial charge in [-0.05, 0) is 74.6 Å². The third-order valence-corrected chi connectivity index (χ3v) is 7.31. The molecule has 0 bridgehead atoms. The van der Waals surface area contributed by atoms with E-state index in [4.69, 9.17) is 0 Å². The number of hydrogen-bond acceptors (Lipinski definition) is 4. The van der Waals surface area contributed by atoms with Crippen molar-refractivity contribution < 1.29 is 4.79 Å². The van der Waals surface area contributed by atoms with Gasteiger partial charge in [0.05, 0.1) is 0 Å². The molecule has 3 aromatic rings. The molecule has 2 aromatic carbocycles. The number of hydrogen-bond donors (Lipinski definition) is 1. The number of aryl methyl sites for hydroxylation is 3. The fourth-order valence-electron chi connectivity index (χ4n) is 3.46. The maximum Gasteiger partial charge on any atom is 0.257 e. The minimum atomic E-state index is 0.000637. The van der Waals surface area contributed by atoms with E-state index in [0.29, 0.717) is 12.8 Å². The molecule has 174 valence electrons. The summed E-state index contributed by atoms with van der Waals surface area (Å²) in [4.78, 5) is 29.8. The summed E-state index contributed by atoms with van der Waals surface area (Å²) in [7, 11) is 1.78. The summed E-state index contributed by atoms with van der Waals surface area (Å²) >= 11 is 5.01. The summed E-state index contributed by atoms with van der Waals surface area (Å²) in [5.41, 5.74) is 5.81. The summed E-state index contributed by atoms with van der Waals surface area (Å²) in [6.45, 7) is 6.00. The van der Waals surface area contributed by atoms with E-state index in [9.17, 15) is 9.59 Å². The number of benzene rings is 2. The summed E-state index contributed by atoms with van der Waals surface area (Å²) in [5, 5.41) is 3.68. The molecular weight excluding hydrogens is 498 g/mol. The first kappa shape index (κ1) is 25.2. The fourth-order valence-corrected chi connectivity index (χ4v) is 4.74. The van der Waals surface area contributed by atoms with Crippen LogP contribution in [0, 0.1) is 20.8 Å². The molecule has 0 aliphatic carbocycles. The third-order valence-electron chi connectivity index (χ3n) is 5.66. The molecular formula is C26H30BrN3O2S. The average molecular weight is 529 g/mol. The molecule has 33 heavy (non-hydrogen) atoms. The largest absolute Gasteiger partial charge is 0.326 e. The number of nitrogens with zero attached hydrogens (tertiary/aromatic N) is 2. The number of thioether (sulfide) groups is 1. The van der Waals surface area contributed by atoms with Gasteiger partial charge >= 0.3 is 0 Å². The van der Waals surface area contributed by atoms with Crippen LogP contribution in [0.2, 0.25) is 0 Å². The Labute approximate surface area is 208 Å². The molecule has 7 heteroatoms. The molecule has 0 aliphatic rings. The molecule has 0 radical (unpaired) electrons. The van der Waals surface area contributed by atoms with E-state index in [-0.39, 0.29) is 11.5 Å². The molecule has 1 heterocycles. The van der Waals surface area contributed by atoms with Gasteiger partial charge < -0.3 is 5.32 Å². The van der Waals surface area contributed by atoms with E-state index >= 15 is 0 Å². The first-order chi connectivity index (χ1) is 15.7. The fraction of sp³-hybridized carbons (Fsp3) is 0.346. The molecule has 0 saturated carbocycles. The number of aromatic nitrogens is 2. The molecule has 0 spiro atoms. The van der Waals surface area contributed by atoms with E-state index < -0.39 is 0 Å². The number of halogens is 1. The van der Waals surface area contributed by atoms with Crippen molar-refractivity contribution in [2.24, 2.45) is 7.05 Å². The molecule has 0 saturated heterocycles. The Hall–Kier alpha value is -2.38. The monoisotopic (exact) mass is 527 g/mol. The van der Waals surface area contributed by atoms with Crippen LogP contribution in [0.1, 0.15) is 47.2 Å². The lowest BCUT2D eigenvalue weighted by Gasteiger charge is -2.12. The van der Waals surface area contributed by atoms with Crippen molar-refractivity contribution in [3.05, 3.63) is 85.2 Å². The van der Waals surface area contributed by atoms with Crippen molar-refractivity contribution in [3.8, 4) is 0 Å². The van der Waals surface area contributed by atoms with Crippen molar-refractivity contribution in [1.82, 2.24) is 9.55 Å². The van der Waals surface area contributed by atoms with Crippen molar-refractivity contribution in [3.63, 3.8) is 0 Å². The highest BCUT2D eigenvalue weighted by Gasteiger charge is 2.13. The van der Waals surface area contributed by atoms with Crippen LogP contribution in [0.25, 0.3) is 0 Å².